The van der Waals surface area contributed by atoms with Gasteiger partial charge in [-0.25, -0.2) is 8.42 Å². The maximum absolute atomic E-state index is 13.6. The lowest BCUT2D eigenvalue weighted by molar-refractivity contribution is -0.119. The summed E-state index contributed by atoms with van der Waals surface area (Å²) >= 11 is 0. The van der Waals surface area contributed by atoms with Crippen LogP contribution in [0.25, 0.3) is 0 Å². The Kier molecular flexibility index (Phi) is 9.41. The SMILES string of the molecule is CCOc1ccc(N(CC(=O)NCc2ccc(OC(C)C)c(OC)c2)S(=O)(=O)c2ccc(C)cc2)cc1. The summed E-state index contributed by atoms with van der Waals surface area (Å²) in [6.45, 7) is 7.89. The summed E-state index contributed by atoms with van der Waals surface area (Å²) < 4.78 is 44.8. The maximum atomic E-state index is 13.6. The number of nitrogens with one attached hydrogen (secondary N) is 1. The van der Waals surface area contributed by atoms with E-state index in [1.807, 2.05) is 33.8 Å². The Balaban J connectivity index is 1.81. The fraction of sp³-hybridized carbons (Fsp3) is 0.321. The first-order chi connectivity index (χ1) is 17.6. The summed E-state index contributed by atoms with van der Waals surface area (Å²) in [6, 6.07) is 18.5. The van der Waals surface area contributed by atoms with Crippen molar-refractivity contribution in [1.82, 2.24) is 5.32 Å². The van der Waals surface area contributed by atoms with Crippen LogP contribution >= 0.6 is 0 Å². The number of amides is 1. The molecule has 0 aliphatic heterocycles. The van der Waals surface area contributed by atoms with Crippen molar-refractivity contribution in [2.24, 2.45) is 0 Å². The van der Waals surface area contributed by atoms with Gasteiger partial charge in [0.15, 0.2) is 11.5 Å². The highest BCUT2D eigenvalue weighted by Crippen LogP contribution is 2.29. The first kappa shape index (κ1) is 27.9. The molecule has 0 heterocycles. The van der Waals surface area contributed by atoms with Gasteiger partial charge in [-0.3, -0.25) is 9.10 Å². The number of ether oxygens (including phenoxy) is 3. The van der Waals surface area contributed by atoms with E-state index < -0.39 is 22.5 Å². The van der Waals surface area contributed by atoms with Gasteiger partial charge in [-0.2, -0.15) is 0 Å². The number of methoxy groups -OCH3 is 1. The third-order valence-corrected chi connectivity index (χ3v) is 7.20. The first-order valence-electron chi connectivity index (χ1n) is 12.1. The van der Waals surface area contributed by atoms with Crippen molar-refractivity contribution in [3.05, 3.63) is 77.9 Å². The van der Waals surface area contributed by atoms with Crippen LogP contribution in [-0.2, 0) is 21.4 Å². The zero-order valence-electron chi connectivity index (χ0n) is 21.9. The molecule has 0 atom stereocenters. The van der Waals surface area contributed by atoms with Crippen LogP contribution in [0.5, 0.6) is 17.2 Å². The van der Waals surface area contributed by atoms with E-state index >= 15 is 0 Å². The molecule has 9 heteroatoms. The summed E-state index contributed by atoms with van der Waals surface area (Å²) in [6.07, 6.45) is -0.0106. The van der Waals surface area contributed by atoms with Gasteiger partial charge in [0.05, 0.1) is 30.4 Å². The van der Waals surface area contributed by atoms with Crippen molar-refractivity contribution in [3.63, 3.8) is 0 Å². The van der Waals surface area contributed by atoms with Gasteiger partial charge in [0.25, 0.3) is 10.0 Å². The lowest BCUT2D eigenvalue weighted by atomic mass is 10.2. The van der Waals surface area contributed by atoms with Crippen LogP contribution in [0.1, 0.15) is 31.9 Å². The van der Waals surface area contributed by atoms with E-state index in [2.05, 4.69) is 5.32 Å². The lowest BCUT2D eigenvalue weighted by Gasteiger charge is -2.24. The summed E-state index contributed by atoms with van der Waals surface area (Å²) in [5, 5.41) is 2.81. The van der Waals surface area contributed by atoms with Crippen molar-refractivity contribution in [1.29, 1.82) is 0 Å². The molecule has 0 spiro atoms. The van der Waals surface area contributed by atoms with Crippen LogP contribution in [0.4, 0.5) is 5.69 Å². The number of benzene rings is 3. The van der Waals surface area contributed by atoms with Crippen LogP contribution in [0.15, 0.2) is 71.6 Å². The highest BCUT2D eigenvalue weighted by molar-refractivity contribution is 7.92. The maximum Gasteiger partial charge on any atom is 0.264 e. The number of carbonyl (C=O) groups excluding carboxylic acids is 1. The second-order valence-electron chi connectivity index (χ2n) is 8.68. The number of anilines is 1. The molecule has 0 bridgehead atoms. The monoisotopic (exact) mass is 526 g/mol. The molecular formula is C28H34N2O6S. The number of aryl methyl sites for hydroxylation is 1. The van der Waals surface area contributed by atoms with Crippen molar-refractivity contribution in [2.75, 3.05) is 24.6 Å². The molecule has 0 saturated heterocycles. The zero-order valence-corrected chi connectivity index (χ0v) is 22.7. The molecule has 0 fully saturated rings. The van der Waals surface area contributed by atoms with Gasteiger partial charge in [-0.1, -0.05) is 23.8 Å². The molecule has 0 aliphatic carbocycles. The lowest BCUT2D eigenvalue weighted by Crippen LogP contribution is -2.40. The topological polar surface area (TPSA) is 94.2 Å². The predicted octanol–water partition coefficient (Wildman–Crippen LogP) is 4.70. The average Bonchev–Trinajstić information content (AvgIpc) is 2.87. The standard InChI is InChI=1S/C28H34N2O6S/c1-6-35-24-12-10-23(11-13-24)30(37(32,33)25-14-7-21(4)8-15-25)19-28(31)29-18-22-9-16-26(36-20(2)3)27(17-22)34-5/h7-17,20H,6,18-19H2,1-5H3,(H,29,31). The van der Waals surface area contributed by atoms with Crippen LogP contribution in [0.2, 0.25) is 0 Å². The van der Waals surface area contributed by atoms with Gasteiger partial charge in [-0.05, 0) is 81.8 Å². The summed E-state index contributed by atoms with van der Waals surface area (Å²) in [5.41, 5.74) is 2.08. The van der Waals surface area contributed by atoms with Gasteiger partial charge < -0.3 is 19.5 Å². The molecule has 198 valence electrons. The number of nitrogens with zero attached hydrogens (tertiary/aromatic N) is 1. The Bertz CT molecular complexity index is 1290. The minimum atomic E-state index is -4.01. The Hall–Kier alpha value is -3.72. The Morgan fingerprint density at radius 1 is 0.973 bits per heavy atom. The molecule has 3 aromatic carbocycles. The average molecular weight is 527 g/mol. The van der Waals surface area contributed by atoms with Crippen molar-refractivity contribution >= 4 is 21.6 Å². The largest absolute Gasteiger partial charge is 0.494 e. The number of sulfonamides is 1. The van der Waals surface area contributed by atoms with E-state index in [1.54, 1.807) is 55.6 Å². The van der Waals surface area contributed by atoms with Crippen LogP contribution in [-0.4, -0.2) is 40.7 Å². The zero-order chi connectivity index (χ0) is 27.0. The van der Waals surface area contributed by atoms with Gasteiger partial charge in [0, 0.05) is 6.54 Å². The van der Waals surface area contributed by atoms with Crippen molar-refractivity contribution < 1.29 is 27.4 Å². The minimum Gasteiger partial charge on any atom is -0.494 e. The van der Waals surface area contributed by atoms with E-state index in [0.717, 1.165) is 15.4 Å². The van der Waals surface area contributed by atoms with Crippen molar-refractivity contribution in [3.8, 4) is 17.2 Å². The molecule has 8 nitrogen and oxygen atoms in total. The van der Waals surface area contributed by atoms with Crippen molar-refractivity contribution in [2.45, 2.75) is 45.2 Å². The predicted molar refractivity (Wildman–Crippen MR) is 144 cm³/mol. The van der Waals surface area contributed by atoms with Crippen LogP contribution < -0.4 is 23.8 Å². The molecule has 0 aromatic heterocycles. The molecule has 1 N–H and O–H groups in total. The Morgan fingerprint density at radius 3 is 2.24 bits per heavy atom. The van der Waals surface area contributed by atoms with Crippen LogP contribution in [0, 0.1) is 6.92 Å². The minimum absolute atomic E-state index is 0.0106. The fourth-order valence-electron chi connectivity index (χ4n) is 3.59. The first-order valence-corrected chi connectivity index (χ1v) is 13.5. The second kappa shape index (κ2) is 12.5. The van der Waals surface area contributed by atoms with Gasteiger partial charge in [0.1, 0.15) is 12.3 Å². The highest BCUT2D eigenvalue weighted by Gasteiger charge is 2.27. The van der Waals surface area contributed by atoms with Crippen LogP contribution in [0.3, 0.4) is 0 Å². The molecular weight excluding hydrogens is 492 g/mol. The summed E-state index contributed by atoms with van der Waals surface area (Å²) in [5.74, 6) is 1.32. The Labute approximate surface area is 219 Å². The normalized spacial score (nSPS) is 11.2. The number of rotatable bonds is 12. The quantitative estimate of drug-likeness (QED) is 0.368. The smallest absolute Gasteiger partial charge is 0.264 e. The molecule has 3 rings (SSSR count). The molecule has 1 amide bonds. The van der Waals surface area contributed by atoms with E-state index in [9.17, 15) is 13.2 Å². The summed E-state index contributed by atoms with van der Waals surface area (Å²) in [4.78, 5) is 13.1. The summed E-state index contributed by atoms with van der Waals surface area (Å²) in [7, 11) is -2.46. The van der Waals surface area contributed by atoms with E-state index in [1.165, 1.54) is 12.1 Å². The van der Waals surface area contributed by atoms with E-state index in [4.69, 9.17) is 14.2 Å². The number of hydrogen-bond donors (Lipinski definition) is 1. The third kappa shape index (κ3) is 7.39. The second-order valence-corrected chi connectivity index (χ2v) is 10.5. The molecule has 3 aromatic rings. The molecule has 0 saturated carbocycles. The third-order valence-electron chi connectivity index (χ3n) is 5.41. The fourth-order valence-corrected chi connectivity index (χ4v) is 5.01. The van der Waals surface area contributed by atoms with E-state index in [-0.39, 0.29) is 17.5 Å². The molecule has 0 unspecified atom stereocenters. The molecule has 0 radical (unpaired) electrons. The number of carbonyl (C=O) groups is 1. The molecule has 37 heavy (non-hydrogen) atoms. The van der Waals surface area contributed by atoms with Gasteiger partial charge >= 0.3 is 0 Å². The highest BCUT2D eigenvalue weighted by atomic mass is 32.2. The van der Waals surface area contributed by atoms with Gasteiger partial charge in [0.2, 0.25) is 5.91 Å². The molecule has 0 aliphatic rings. The number of hydrogen-bond acceptors (Lipinski definition) is 6. The van der Waals surface area contributed by atoms with E-state index in [0.29, 0.717) is 29.5 Å². The Morgan fingerprint density at radius 2 is 1.65 bits per heavy atom. The van der Waals surface area contributed by atoms with Gasteiger partial charge in [-0.15, -0.1) is 0 Å².